The van der Waals surface area contributed by atoms with E-state index < -0.39 is 44.4 Å². The van der Waals surface area contributed by atoms with Gasteiger partial charge in [0.2, 0.25) is 10.0 Å². The lowest BCUT2D eigenvalue weighted by Gasteiger charge is -2.24. The first-order valence-electron chi connectivity index (χ1n) is 14.0. The molecule has 3 rings (SSSR count). The number of carbonyl (C=O) groups excluding carboxylic acids is 1. The fraction of sp³-hybridized carbons (Fsp3) is 0.533. The molecule has 0 radical (unpaired) electrons. The van der Waals surface area contributed by atoms with Crippen LogP contribution in [0.25, 0.3) is 0 Å². The van der Waals surface area contributed by atoms with Gasteiger partial charge in [0.25, 0.3) is 5.91 Å². The number of aromatic nitrogens is 1. The number of sulfonamides is 1. The van der Waals surface area contributed by atoms with Crippen molar-refractivity contribution in [3.8, 4) is 18.1 Å². The van der Waals surface area contributed by atoms with Crippen molar-refractivity contribution in [2.75, 3.05) is 36.4 Å². The molecule has 230 valence electrons. The van der Waals surface area contributed by atoms with Crippen LogP contribution in [-0.4, -0.2) is 62.9 Å². The molecule has 3 N–H and O–H groups in total. The highest BCUT2D eigenvalue weighted by Gasteiger charge is 2.32. The number of ether oxygens (including phenoxy) is 1. The highest BCUT2D eigenvalue weighted by atomic mass is 32.2. The smallest absolute Gasteiger partial charge is 0.251 e. The van der Waals surface area contributed by atoms with E-state index in [-0.39, 0.29) is 23.7 Å². The minimum absolute atomic E-state index is 0.0174. The minimum Gasteiger partial charge on any atom is -0.491 e. The van der Waals surface area contributed by atoms with Gasteiger partial charge < -0.3 is 20.7 Å². The normalized spacial score (nSPS) is 17.3. The number of terminal acetylenes is 1. The molecule has 1 saturated carbocycles. The molecule has 0 spiro atoms. The van der Waals surface area contributed by atoms with Crippen LogP contribution in [0.5, 0.6) is 5.75 Å². The van der Waals surface area contributed by atoms with Crippen LogP contribution in [0.1, 0.15) is 57.8 Å². The molecule has 1 aliphatic rings. The van der Waals surface area contributed by atoms with Gasteiger partial charge in [-0.2, -0.15) is 0 Å². The Morgan fingerprint density at radius 1 is 1.21 bits per heavy atom. The molecule has 0 saturated heterocycles. The third-order valence-electron chi connectivity index (χ3n) is 7.24. The predicted molar refractivity (Wildman–Crippen MR) is 161 cm³/mol. The largest absolute Gasteiger partial charge is 0.491 e. The van der Waals surface area contributed by atoms with Crippen molar-refractivity contribution in [3.63, 3.8) is 0 Å². The number of nitrogens with zero attached hydrogens (tertiary/aromatic N) is 2. The van der Waals surface area contributed by atoms with Crippen molar-refractivity contribution in [2.45, 2.75) is 64.3 Å². The summed E-state index contributed by atoms with van der Waals surface area (Å²) in [6.45, 7) is 9.94. The van der Waals surface area contributed by atoms with Gasteiger partial charge in [-0.25, -0.2) is 22.2 Å². The average molecular weight is 606 g/mol. The Labute approximate surface area is 247 Å². The van der Waals surface area contributed by atoms with Gasteiger partial charge in [0.15, 0.2) is 0 Å². The summed E-state index contributed by atoms with van der Waals surface area (Å²) in [6.07, 6.45) is 7.02. The molecule has 1 fully saturated rings. The summed E-state index contributed by atoms with van der Waals surface area (Å²) in [6, 6.07) is 5.25. The maximum atomic E-state index is 13.7. The van der Waals surface area contributed by atoms with Crippen LogP contribution in [-0.2, 0) is 10.0 Å². The zero-order valence-corrected chi connectivity index (χ0v) is 25.8. The summed E-state index contributed by atoms with van der Waals surface area (Å²) >= 11 is 0. The van der Waals surface area contributed by atoms with Crippen LogP contribution in [0.2, 0.25) is 0 Å². The summed E-state index contributed by atoms with van der Waals surface area (Å²) in [5.41, 5.74) is -0.399. The number of hydrogen-bond donors (Lipinski definition) is 3. The number of carbonyl (C=O) groups is 1. The van der Waals surface area contributed by atoms with E-state index in [9.17, 15) is 22.0 Å². The number of anilines is 2. The maximum absolute atomic E-state index is 13.7. The second-order valence-electron chi connectivity index (χ2n) is 11.6. The van der Waals surface area contributed by atoms with Crippen molar-refractivity contribution in [1.82, 2.24) is 15.6 Å². The molecule has 0 bridgehead atoms. The predicted octanol–water partition coefficient (Wildman–Crippen LogP) is 4.17. The number of rotatable bonds is 15. The molecule has 1 aromatic heterocycles. The number of hydrogen-bond acceptors (Lipinski definition) is 7. The Morgan fingerprint density at radius 3 is 2.43 bits per heavy atom. The van der Waals surface area contributed by atoms with Gasteiger partial charge in [0.05, 0.1) is 16.8 Å². The van der Waals surface area contributed by atoms with E-state index in [2.05, 4.69) is 33.8 Å². The van der Waals surface area contributed by atoms with Crippen LogP contribution in [0, 0.1) is 35.8 Å². The molecule has 1 aliphatic carbocycles. The van der Waals surface area contributed by atoms with E-state index in [1.807, 2.05) is 13.8 Å². The van der Waals surface area contributed by atoms with Gasteiger partial charge in [-0.05, 0) is 71.0 Å². The lowest BCUT2D eigenvalue weighted by Crippen LogP contribution is -2.44. The molecule has 3 atom stereocenters. The third kappa shape index (κ3) is 9.29. The fourth-order valence-corrected chi connectivity index (χ4v) is 5.14. The van der Waals surface area contributed by atoms with E-state index in [4.69, 9.17) is 11.2 Å². The Kier molecular flexibility index (Phi) is 10.8. The lowest BCUT2D eigenvalue weighted by molar-refractivity contribution is 0.0918. The Balaban J connectivity index is 1.85. The molecule has 9 nitrogen and oxygen atoms in total. The summed E-state index contributed by atoms with van der Waals surface area (Å²) in [4.78, 5) is 18.0. The Morgan fingerprint density at radius 2 is 1.86 bits per heavy atom. The first kappa shape index (κ1) is 33.1. The molecule has 2 aromatic rings. The van der Waals surface area contributed by atoms with E-state index in [1.165, 1.54) is 13.1 Å². The van der Waals surface area contributed by atoms with Crippen molar-refractivity contribution in [2.24, 2.45) is 11.8 Å². The van der Waals surface area contributed by atoms with Crippen molar-refractivity contribution in [1.29, 1.82) is 0 Å². The number of benzene rings is 1. The molecule has 1 aromatic carbocycles. The molecular formula is C30H41F2N5O4S. The quantitative estimate of drug-likeness (QED) is 0.261. The summed E-state index contributed by atoms with van der Waals surface area (Å²) in [5, 5.41) is 8.66. The summed E-state index contributed by atoms with van der Waals surface area (Å²) in [7, 11) is -2.31. The maximum Gasteiger partial charge on any atom is 0.251 e. The summed E-state index contributed by atoms with van der Waals surface area (Å²) < 4.78 is 59.9. The number of nitrogens with one attached hydrogen (secondary N) is 3. The van der Waals surface area contributed by atoms with Crippen LogP contribution in [0.15, 0.2) is 30.3 Å². The molecule has 12 heteroatoms. The first-order valence-corrected chi connectivity index (χ1v) is 15.5. The van der Waals surface area contributed by atoms with Crippen molar-refractivity contribution in [3.05, 3.63) is 47.5 Å². The fourth-order valence-electron chi connectivity index (χ4n) is 4.15. The van der Waals surface area contributed by atoms with Gasteiger partial charge in [0.1, 0.15) is 35.6 Å². The van der Waals surface area contributed by atoms with E-state index in [0.29, 0.717) is 37.2 Å². The third-order valence-corrected chi connectivity index (χ3v) is 9.38. The van der Waals surface area contributed by atoms with Crippen molar-refractivity contribution < 1.29 is 26.7 Å². The van der Waals surface area contributed by atoms with Gasteiger partial charge in [-0.3, -0.25) is 9.10 Å². The highest BCUT2D eigenvalue weighted by molar-refractivity contribution is 7.93. The topological polar surface area (TPSA) is 113 Å². The van der Waals surface area contributed by atoms with Gasteiger partial charge in [-0.1, -0.05) is 12.8 Å². The number of amides is 1. The van der Waals surface area contributed by atoms with Crippen LogP contribution >= 0.6 is 0 Å². The standard InChI is InChI=1S/C30H41F2N5O4S/c1-8-30(5,6)34-10-9-25(18-41-26-15-23(31)14-24(32)16-26)35-29(38)21-12-27(33-17-22-11-20(22)4)36-28(13-21)37(7)42(39,40)19(2)3/h1,12-16,19-20,22,25,34H,9-11,17-18H2,2-7H3,(H,33,36)(H,35,38). The zero-order chi connectivity index (χ0) is 31.2. The SMILES string of the molecule is C#CC(C)(C)NCCC(COc1cc(F)cc(F)c1)NC(=O)c1cc(NCC2CC2C)nc(N(C)S(=O)(=O)C(C)C)c1. The molecule has 3 unspecified atom stereocenters. The van der Waals surface area contributed by atoms with Crippen LogP contribution in [0.4, 0.5) is 20.4 Å². The second kappa shape index (κ2) is 13.7. The van der Waals surface area contributed by atoms with Crippen molar-refractivity contribution >= 4 is 27.6 Å². The highest BCUT2D eigenvalue weighted by Crippen LogP contribution is 2.37. The Hall–Kier alpha value is -3.43. The molecule has 42 heavy (non-hydrogen) atoms. The first-order chi connectivity index (χ1) is 19.6. The van der Waals surface area contributed by atoms with Gasteiger partial charge in [0, 0.05) is 37.4 Å². The second-order valence-corrected chi connectivity index (χ2v) is 14.1. The molecular weight excluding hydrogens is 564 g/mol. The monoisotopic (exact) mass is 605 g/mol. The average Bonchev–Trinajstić information content (AvgIpc) is 3.63. The molecule has 0 aliphatic heterocycles. The van der Waals surface area contributed by atoms with Gasteiger partial charge >= 0.3 is 0 Å². The summed E-state index contributed by atoms with van der Waals surface area (Å²) in [5.74, 6) is 2.12. The van der Waals surface area contributed by atoms with E-state index in [0.717, 1.165) is 28.9 Å². The zero-order valence-electron chi connectivity index (χ0n) is 25.0. The van der Waals surface area contributed by atoms with Crippen LogP contribution in [0.3, 0.4) is 0 Å². The molecule has 1 heterocycles. The lowest BCUT2D eigenvalue weighted by atomic mass is 10.1. The van der Waals surface area contributed by atoms with E-state index in [1.54, 1.807) is 19.9 Å². The van der Waals surface area contributed by atoms with E-state index >= 15 is 0 Å². The number of halogens is 2. The number of pyridine rings is 1. The Bertz CT molecular complexity index is 1390. The van der Waals surface area contributed by atoms with Crippen LogP contribution < -0.4 is 25.0 Å². The molecule has 1 amide bonds. The van der Waals surface area contributed by atoms with Gasteiger partial charge in [-0.15, -0.1) is 6.42 Å². The minimum atomic E-state index is -3.71.